The Labute approximate surface area is 185 Å². The Hall–Kier alpha value is -1.71. The van der Waals surface area contributed by atoms with Crippen LogP contribution in [0.4, 0.5) is 0 Å². The van der Waals surface area contributed by atoms with Crippen molar-refractivity contribution in [2.75, 3.05) is 32.9 Å². The van der Waals surface area contributed by atoms with Gasteiger partial charge in [0, 0.05) is 13.1 Å². The first kappa shape index (κ1) is 21.5. The molecular formula is C20H22Cl2N2O5S. The van der Waals surface area contributed by atoms with Crippen LogP contribution in [0, 0.1) is 0 Å². The molecular weight excluding hydrogens is 451 g/mol. The number of hydrogen-bond donors (Lipinski definition) is 1. The first-order valence-electron chi connectivity index (χ1n) is 9.47. The third kappa shape index (κ3) is 4.33. The van der Waals surface area contributed by atoms with Gasteiger partial charge >= 0.3 is 0 Å². The summed E-state index contributed by atoms with van der Waals surface area (Å²) in [4.78, 5) is 1.26. The maximum Gasteiger partial charge on any atom is 0.238 e. The van der Waals surface area contributed by atoms with Crippen molar-refractivity contribution < 1.29 is 22.6 Å². The molecule has 1 saturated heterocycles. The van der Waals surface area contributed by atoms with Gasteiger partial charge in [0.15, 0.2) is 11.5 Å². The van der Waals surface area contributed by atoms with E-state index in [9.17, 15) is 8.42 Å². The maximum atomic E-state index is 11.8. The minimum absolute atomic E-state index is 0.0757. The number of halogens is 2. The summed E-state index contributed by atoms with van der Waals surface area (Å²) in [6, 6.07) is 12.1. The number of alkyl halides is 2. The molecule has 2 aliphatic rings. The molecule has 2 aliphatic heterocycles. The van der Waals surface area contributed by atoms with Gasteiger partial charge in [-0.2, -0.15) is 0 Å². The van der Waals surface area contributed by atoms with Gasteiger partial charge in [-0.1, -0.05) is 24.3 Å². The van der Waals surface area contributed by atoms with Crippen LogP contribution in [0.5, 0.6) is 17.2 Å². The maximum absolute atomic E-state index is 11.8. The molecule has 0 saturated carbocycles. The van der Waals surface area contributed by atoms with E-state index in [-0.39, 0.29) is 4.90 Å². The molecule has 7 nitrogen and oxygen atoms in total. The monoisotopic (exact) mass is 472 g/mol. The van der Waals surface area contributed by atoms with Crippen LogP contribution in [-0.2, 0) is 16.4 Å². The predicted molar refractivity (Wildman–Crippen MR) is 114 cm³/mol. The van der Waals surface area contributed by atoms with E-state index in [1.807, 2.05) is 23.1 Å². The number of rotatable bonds is 7. The summed E-state index contributed by atoms with van der Waals surface area (Å²) in [6.45, 7) is 2.45. The topological polar surface area (TPSA) is 91.1 Å². The number of primary sulfonamides is 1. The average molecular weight is 473 g/mol. The van der Waals surface area contributed by atoms with Crippen LogP contribution in [-0.4, -0.2) is 56.6 Å². The van der Waals surface area contributed by atoms with Crippen molar-refractivity contribution >= 4 is 33.2 Å². The molecule has 0 spiro atoms. The summed E-state index contributed by atoms with van der Waals surface area (Å²) in [5.74, 6) is 1.91. The van der Waals surface area contributed by atoms with Crippen molar-refractivity contribution in [2.45, 2.75) is 21.7 Å². The van der Waals surface area contributed by atoms with E-state index in [0.717, 1.165) is 0 Å². The Balaban J connectivity index is 1.35. The molecule has 162 valence electrons. The van der Waals surface area contributed by atoms with Gasteiger partial charge in [0.1, 0.15) is 25.3 Å². The summed E-state index contributed by atoms with van der Waals surface area (Å²) in [5.41, 5.74) is 0.0881. The quantitative estimate of drug-likeness (QED) is 0.491. The van der Waals surface area contributed by atoms with Gasteiger partial charge in [-0.15, -0.1) is 23.2 Å². The number of fused-ring (bicyclic) bond motifs is 1. The zero-order chi connectivity index (χ0) is 21.4. The highest BCUT2D eigenvalue weighted by Gasteiger charge is 2.50. The van der Waals surface area contributed by atoms with Crippen LogP contribution in [0.1, 0.15) is 5.56 Å². The van der Waals surface area contributed by atoms with Crippen molar-refractivity contribution in [3.63, 3.8) is 0 Å². The molecule has 2 aromatic carbocycles. The highest BCUT2D eigenvalue weighted by Crippen LogP contribution is 2.42. The van der Waals surface area contributed by atoms with Gasteiger partial charge in [0.25, 0.3) is 0 Å². The van der Waals surface area contributed by atoms with Gasteiger partial charge in [-0.25, -0.2) is 13.6 Å². The number of sulfonamides is 1. The van der Waals surface area contributed by atoms with E-state index >= 15 is 0 Å². The summed E-state index contributed by atoms with van der Waals surface area (Å²) in [5, 5.41) is 5.32. The van der Waals surface area contributed by atoms with Crippen LogP contribution in [0.25, 0.3) is 0 Å². The van der Waals surface area contributed by atoms with E-state index in [0.29, 0.717) is 62.1 Å². The van der Waals surface area contributed by atoms with Crippen molar-refractivity contribution in [1.29, 1.82) is 0 Å². The largest absolute Gasteiger partial charge is 0.488 e. The zero-order valence-electron chi connectivity index (χ0n) is 16.1. The molecule has 2 atom stereocenters. The summed E-state index contributed by atoms with van der Waals surface area (Å²) >= 11 is 13.3. The van der Waals surface area contributed by atoms with Gasteiger partial charge in [-0.3, -0.25) is 4.90 Å². The molecule has 0 amide bonds. The second kappa shape index (κ2) is 8.43. The van der Waals surface area contributed by atoms with Crippen molar-refractivity contribution in [2.24, 2.45) is 5.14 Å². The van der Waals surface area contributed by atoms with Gasteiger partial charge in [0.2, 0.25) is 15.8 Å². The second-order valence-corrected chi connectivity index (χ2v) is 10.00. The molecule has 0 radical (unpaired) electrons. The number of nitrogens with zero attached hydrogens (tertiary/aromatic N) is 1. The number of hydrogen-bond acceptors (Lipinski definition) is 6. The van der Waals surface area contributed by atoms with E-state index < -0.39 is 20.4 Å². The Kier molecular flexibility index (Phi) is 6.05. The van der Waals surface area contributed by atoms with Crippen molar-refractivity contribution in [1.82, 2.24) is 4.90 Å². The highest BCUT2D eigenvalue weighted by atomic mass is 35.5. The normalized spacial score (nSPS) is 23.6. The Morgan fingerprint density at radius 2 is 1.93 bits per heavy atom. The number of nitrogens with two attached hydrogens (primary N) is 1. The fourth-order valence-corrected chi connectivity index (χ4v) is 5.24. The molecule has 2 unspecified atom stereocenters. The lowest BCUT2D eigenvalue weighted by atomic mass is 9.90. The van der Waals surface area contributed by atoms with Crippen LogP contribution in [0.15, 0.2) is 47.4 Å². The average Bonchev–Trinajstić information content (AvgIpc) is 2.72. The molecule has 2 aromatic rings. The van der Waals surface area contributed by atoms with Crippen LogP contribution < -0.4 is 19.3 Å². The lowest BCUT2D eigenvalue weighted by molar-refractivity contribution is 0.0719. The molecule has 10 heteroatoms. The summed E-state index contributed by atoms with van der Waals surface area (Å²) in [6.07, 6.45) is 0.296. The minimum atomic E-state index is -3.83. The molecule has 0 aliphatic carbocycles. The zero-order valence-corrected chi connectivity index (χ0v) is 18.4. The predicted octanol–water partition coefficient (Wildman–Crippen LogP) is 2.58. The Morgan fingerprint density at radius 3 is 2.70 bits per heavy atom. The number of benzene rings is 2. The van der Waals surface area contributed by atoms with Crippen molar-refractivity contribution in [3.05, 3.63) is 48.0 Å². The second-order valence-electron chi connectivity index (χ2n) is 7.30. The molecule has 0 bridgehead atoms. The minimum Gasteiger partial charge on any atom is -0.488 e. The SMILES string of the molecule is NS(=O)(=O)c1ccccc1CC1(Cl)CN(CCOc2cccc3c2OCCO3)C1Cl. The third-order valence-electron chi connectivity index (χ3n) is 5.14. The van der Waals surface area contributed by atoms with E-state index in [4.69, 9.17) is 42.6 Å². The molecule has 1 fully saturated rings. The van der Waals surface area contributed by atoms with Crippen molar-refractivity contribution in [3.8, 4) is 17.2 Å². The molecule has 2 heterocycles. The number of para-hydroxylation sites is 1. The van der Waals surface area contributed by atoms with Gasteiger partial charge in [-0.05, 0) is 30.2 Å². The first-order chi connectivity index (χ1) is 14.3. The Bertz CT molecular complexity index is 1040. The fourth-order valence-electron chi connectivity index (χ4n) is 3.72. The van der Waals surface area contributed by atoms with E-state index in [1.54, 1.807) is 18.2 Å². The fraction of sp³-hybridized carbons (Fsp3) is 0.400. The molecule has 30 heavy (non-hydrogen) atoms. The number of likely N-dealkylation sites (tertiary alicyclic amines) is 1. The van der Waals surface area contributed by atoms with E-state index in [1.165, 1.54) is 6.07 Å². The smallest absolute Gasteiger partial charge is 0.238 e. The van der Waals surface area contributed by atoms with E-state index in [2.05, 4.69) is 0 Å². The van der Waals surface area contributed by atoms with Gasteiger partial charge in [0.05, 0.1) is 9.77 Å². The Morgan fingerprint density at radius 1 is 1.17 bits per heavy atom. The van der Waals surface area contributed by atoms with Crippen LogP contribution in [0.2, 0.25) is 0 Å². The lowest BCUT2D eigenvalue weighted by Crippen LogP contribution is -2.65. The lowest BCUT2D eigenvalue weighted by Gasteiger charge is -2.51. The molecule has 2 N–H and O–H groups in total. The summed E-state index contributed by atoms with van der Waals surface area (Å²) in [7, 11) is -3.83. The number of ether oxygens (including phenoxy) is 3. The molecule has 4 rings (SSSR count). The van der Waals surface area contributed by atoms with Crippen LogP contribution >= 0.6 is 23.2 Å². The van der Waals surface area contributed by atoms with Gasteiger partial charge < -0.3 is 14.2 Å². The first-order valence-corrected chi connectivity index (χ1v) is 11.8. The standard InChI is InChI=1S/C20H22Cl2N2O5S/c21-19-20(22,12-14-4-1-2-7-17(14)30(23,25)26)13-24(19)8-9-27-15-5-3-6-16-18(15)29-11-10-28-16/h1-7,19H,8-13H2,(H2,23,25,26). The van der Waals surface area contributed by atoms with Crippen LogP contribution in [0.3, 0.4) is 0 Å². The highest BCUT2D eigenvalue weighted by molar-refractivity contribution is 7.89. The molecule has 0 aromatic heterocycles. The third-order valence-corrected chi connectivity index (χ3v) is 7.42. The summed E-state index contributed by atoms with van der Waals surface area (Å²) < 4.78 is 40.7.